The Labute approximate surface area is 142 Å². The Morgan fingerprint density at radius 2 is 1.83 bits per heavy atom. The summed E-state index contributed by atoms with van der Waals surface area (Å²) in [6.45, 7) is 3.50. The largest absolute Gasteiger partial charge is 0.489 e. The summed E-state index contributed by atoms with van der Waals surface area (Å²) in [7, 11) is 0. The highest BCUT2D eigenvalue weighted by Crippen LogP contribution is 2.23. The van der Waals surface area contributed by atoms with Crippen LogP contribution in [0, 0.1) is 10.1 Å². The molecule has 0 atom stereocenters. The van der Waals surface area contributed by atoms with E-state index in [1.54, 1.807) is 12.1 Å². The van der Waals surface area contributed by atoms with Gasteiger partial charge in [0, 0.05) is 24.2 Å². The van der Waals surface area contributed by atoms with Gasteiger partial charge in [0.25, 0.3) is 5.69 Å². The average Bonchev–Trinajstić information content (AvgIpc) is 2.62. The van der Waals surface area contributed by atoms with E-state index in [0.717, 1.165) is 30.9 Å². The van der Waals surface area contributed by atoms with Gasteiger partial charge in [-0.25, -0.2) is 0 Å². The van der Waals surface area contributed by atoms with Crippen molar-refractivity contribution in [1.29, 1.82) is 0 Å². The Morgan fingerprint density at radius 1 is 1.04 bits per heavy atom. The van der Waals surface area contributed by atoms with Crippen LogP contribution in [0.3, 0.4) is 0 Å². The van der Waals surface area contributed by atoms with E-state index in [4.69, 9.17) is 4.74 Å². The third kappa shape index (κ3) is 4.32. The molecule has 1 fully saturated rings. The van der Waals surface area contributed by atoms with E-state index >= 15 is 0 Å². The zero-order valence-electron chi connectivity index (χ0n) is 13.7. The highest BCUT2D eigenvalue weighted by atomic mass is 16.6. The van der Waals surface area contributed by atoms with Crippen molar-refractivity contribution in [2.45, 2.75) is 32.4 Å². The Morgan fingerprint density at radius 3 is 2.62 bits per heavy atom. The number of ether oxygens (including phenoxy) is 1. The minimum absolute atomic E-state index is 0.0951. The SMILES string of the molecule is O=[N+]([O-])c1cccc(COc2ccccc2CN2CCCCC2)c1. The molecule has 0 bridgehead atoms. The molecule has 0 unspecified atom stereocenters. The fourth-order valence-corrected chi connectivity index (χ4v) is 3.05. The summed E-state index contributed by atoms with van der Waals surface area (Å²) in [6, 6.07) is 14.6. The average molecular weight is 326 g/mol. The van der Waals surface area contributed by atoms with Crippen LogP contribution in [0.4, 0.5) is 5.69 Å². The molecule has 5 nitrogen and oxygen atoms in total. The molecular weight excluding hydrogens is 304 g/mol. The predicted molar refractivity (Wildman–Crippen MR) is 93.0 cm³/mol. The van der Waals surface area contributed by atoms with Crippen LogP contribution in [0.1, 0.15) is 30.4 Å². The number of nitro benzene ring substituents is 1. The molecule has 0 amide bonds. The first-order chi connectivity index (χ1) is 11.7. The molecule has 126 valence electrons. The predicted octanol–water partition coefficient (Wildman–Crippen LogP) is 4.16. The molecule has 1 saturated heterocycles. The van der Waals surface area contributed by atoms with E-state index < -0.39 is 0 Å². The Balaban J connectivity index is 1.66. The quantitative estimate of drug-likeness (QED) is 0.591. The van der Waals surface area contributed by atoms with Gasteiger partial charge in [0.15, 0.2) is 0 Å². The molecule has 0 aromatic heterocycles. The van der Waals surface area contributed by atoms with Crippen molar-refractivity contribution in [3.63, 3.8) is 0 Å². The van der Waals surface area contributed by atoms with Crippen molar-refractivity contribution in [1.82, 2.24) is 4.90 Å². The van der Waals surface area contributed by atoms with Crippen molar-refractivity contribution in [3.05, 3.63) is 69.8 Å². The van der Waals surface area contributed by atoms with Gasteiger partial charge < -0.3 is 4.74 Å². The summed E-state index contributed by atoms with van der Waals surface area (Å²) in [6.07, 6.45) is 3.84. The van der Waals surface area contributed by atoms with Crippen molar-refractivity contribution < 1.29 is 9.66 Å². The van der Waals surface area contributed by atoms with E-state index in [2.05, 4.69) is 11.0 Å². The summed E-state index contributed by atoms with van der Waals surface area (Å²) >= 11 is 0. The summed E-state index contributed by atoms with van der Waals surface area (Å²) < 4.78 is 5.95. The molecule has 1 aliphatic heterocycles. The fraction of sp³-hybridized carbons (Fsp3) is 0.368. The smallest absolute Gasteiger partial charge is 0.269 e. The number of hydrogen-bond acceptors (Lipinski definition) is 4. The van der Waals surface area contributed by atoms with Gasteiger partial charge >= 0.3 is 0 Å². The standard InChI is InChI=1S/C19H22N2O3/c22-21(23)18-9-6-7-16(13-18)15-24-19-10-3-2-8-17(19)14-20-11-4-1-5-12-20/h2-3,6-10,13H,1,4-5,11-12,14-15H2. The van der Waals surface area contributed by atoms with Crippen LogP contribution in [0.15, 0.2) is 48.5 Å². The molecule has 0 N–H and O–H groups in total. The third-order valence-electron chi connectivity index (χ3n) is 4.33. The highest BCUT2D eigenvalue weighted by Gasteiger charge is 2.13. The lowest BCUT2D eigenvalue weighted by Gasteiger charge is -2.27. The first kappa shape index (κ1) is 16.5. The van der Waals surface area contributed by atoms with Crippen LogP contribution < -0.4 is 4.74 Å². The summed E-state index contributed by atoms with van der Waals surface area (Å²) in [5.41, 5.74) is 2.07. The Bertz CT molecular complexity index is 697. The number of nitrogens with zero attached hydrogens (tertiary/aromatic N) is 2. The van der Waals surface area contributed by atoms with Gasteiger partial charge in [-0.15, -0.1) is 0 Å². The second-order valence-corrected chi connectivity index (χ2v) is 6.16. The number of likely N-dealkylation sites (tertiary alicyclic amines) is 1. The van der Waals surface area contributed by atoms with E-state index in [9.17, 15) is 10.1 Å². The molecule has 0 radical (unpaired) electrons. The van der Waals surface area contributed by atoms with Crippen LogP contribution in [-0.2, 0) is 13.2 Å². The number of para-hydroxylation sites is 1. The van der Waals surface area contributed by atoms with Gasteiger partial charge in [0.1, 0.15) is 12.4 Å². The molecule has 5 heteroatoms. The topological polar surface area (TPSA) is 55.6 Å². The first-order valence-corrected chi connectivity index (χ1v) is 8.39. The maximum absolute atomic E-state index is 10.9. The summed E-state index contributed by atoms with van der Waals surface area (Å²) in [5.74, 6) is 0.856. The minimum Gasteiger partial charge on any atom is -0.489 e. The van der Waals surface area contributed by atoms with Crippen LogP contribution in [0.25, 0.3) is 0 Å². The van der Waals surface area contributed by atoms with Crippen LogP contribution in [0.5, 0.6) is 5.75 Å². The number of non-ortho nitro benzene ring substituents is 1. The molecule has 1 heterocycles. The monoisotopic (exact) mass is 326 g/mol. The third-order valence-corrected chi connectivity index (χ3v) is 4.33. The molecule has 2 aromatic carbocycles. The zero-order valence-corrected chi connectivity index (χ0v) is 13.7. The Kier molecular flexibility index (Phi) is 5.43. The lowest BCUT2D eigenvalue weighted by atomic mass is 10.1. The molecule has 3 rings (SSSR count). The lowest BCUT2D eigenvalue weighted by molar-refractivity contribution is -0.384. The second kappa shape index (κ2) is 7.93. The summed E-state index contributed by atoms with van der Waals surface area (Å²) in [5, 5.41) is 10.9. The molecule has 2 aromatic rings. The normalized spacial score (nSPS) is 15.2. The molecule has 0 spiro atoms. The number of piperidine rings is 1. The summed E-state index contributed by atoms with van der Waals surface area (Å²) in [4.78, 5) is 12.9. The van der Waals surface area contributed by atoms with Crippen LogP contribution in [0.2, 0.25) is 0 Å². The number of hydrogen-bond donors (Lipinski definition) is 0. The number of nitro groups is 1. The number of rotatable bonds is 6. The van der Waals surface area contributed by atoms with Crippen molar-refractivity contribution in [2.24, 2.45) is 0 Å². The van der Waals surface area contributed by atoms with E-state index in [-0.39, 0.29) is 10.6 Å². The van der Waals surface area contributed by atoms with Gasteiger partial charge in [0.05, 0.1) is 4.92 Å². The van der Waals surface area contributed by atoms with Crippen LogP contribution in [-0.4, -0.2) is 22.9 Å². The minimum atomic E-state index is -0.381. The maximum Gasteiger partial charge on any atom is 0.269 e. The van der Waals surface area contributed by atoms with Gasteiger partial charge in [-0.3, -0.25) is 15.0 Å². The van der Waals surface area contributed by atoms with Crippen molar-refractivity contribution in [3.8, 4) is 5.75 Å². The second-order valence-electron chi connectivity index (χ2n) is 6.16. The molecule has 1 aliphatic rings. The molecule has 24 heavy (non-hydrogen) atoms. The maximum atomic E-state index is 10.9. The van der Waals surface area contributed by atoms with E-state index in [1.165, 1.54) is 30.9 Å². The first-order valence-electron chi connectivity index (χ1n) is 8.39. The molecule has 0 aliphatic carbocycles. The zero-order chi connectivity index (χ0) is 16.8. The number of benzene rings is 2. The van der Waals surface area contributed by atoms with E-state index in [0.29, 0.717) is 6.61 Å². The lowest BCUT2D eigenvalue weighted by Crippen LogP contribution is -2.29. The van der Waals surface area contributed by atoms with Crippen molar-refractivity contribution >= 4 is 5.69 Å². The van der Waals surface area contributed by atoms with E-state index in [1.807, 2.05) is 24.3 Å². The van der Waals surface area contributed by atoms with Gasteiger partial charge in [-0.05, 0) is 37.6 Å². The molecular formula is C19H22N2O3. The molecule has 0 saturated carbocycles. The van der Waals surface area contributed by atoms with Crippen molar-refractivity contribution in [2.75, 3.05) is 13.1 Å². The van der Waals surface area contributed by atoms with Gasteiger partial charge in [-0.2, -0.15) is 0 Å². The van der Waals surface area contributed by atoms with Gasteiger partial charge in [-0.1, -0.05) is 36.8 Å². The highest BCUT2D eigenvalue weighted by molar-refractivity contribution is 5.36. The van der Waals surface area contributed by atoms with Crippen LogP contribution >= 0.6 is 0 Å². The fourth-order valence-electron chi connectivity index (χ4n) is 3.05. The Hall–Kier alpha value is -2.40. The van der Waals surface area contributed by atoms with Gasteiger partial charge in [0.2, 0.25) is 0 Å².